The predicted molar refractivity (Wildman–Crippen MR) is 151 cm³/mol. The number of carbonyl (C=O) groups excluding carboxylic acids is 1. The Balaban J connectivity index is 1.46. The van der Waals surface area contributed by atoms with Crippen molar-refractivity contribution in [2.75, 3.05) is 32.8 Å². The number of hydrogen-bond donors (Lipinski definition) is 3. The molecule has 0 radical (unpaired) electrons. The zero-order chi connectivity index (χ0) is 29.4. The van der Waals surface area contributed by atoms with E-state index < -0.39 is 39.7 Å². The van der Waals surface area contributed by atoms with Gasteiger partial charge in [0, 0.05) is 37.8 Å². The molecule has 0 aliphatic carbocycles. The Kier molecular flexibility index (Phi) is 10.6. The molecule has 0 aromatic heterocycles. The average Bonchev–Trinajstić information content (AvgIpc) is 2.97. The molecule has 0 unspecified atom stereocenters. The van der Waals surface area contributed by atoms with Crippen LogP contribution in [-0.4, -0.2) is 68.7 Å². The molecular weight excluding hydrogens is 552 g/mol. The lowest BCUT2D eigenvalue weighted by Gasteiger charge is -2.26. The third-order valence-electron chi connectivity index (χ3n) is 6.97. The zero-order valence-corrected chi connectivity index (χ0v) is 23.7. The lowest BCUT2D eigenvalue weighted by Crippen LogP contribution is -2.48. The average molecular weight is 588 g/mol. The van der Waals surface area contributed by atoms with Gasteiger partial charge in [0.25, 0.3) is 5.91 Å². The number of hydrogen-bond acceptors (Lipinski definition) is 6. The van der Waals surface area contributed by atoms with E-state index in [-0.39, 0.29) is 42.1 Å². The first-order valence-electron chi connectivity index (χ1n) is 13.6. The Hall–Kier alpha value is -3.22. The fourth-order valence-corrected chi connectivity index (χ4v) is 6.11. The highest BCUT2D eigenvalue weighted by Crippen LogP contribution is 2.18. The van der Waals surface area contributed by atoms with Gasteiger partial charge in [-0.15, -0.1) is 0 Å². The van der Waals surface area contributed by atoms with Crippen molar-refractivity contribution < 1.29 is 31.8 Å². The van der Waals surface area contributed by atoms with Gasteiger partial charge in [0.1, 0.15) is 11.6 Å². The van der Waals surface area contributed by atoms with E-state index in [4.69, 9.17) is 4.74 Å². The Labute approximate surface area is 239 Å². The Bertz CT molecular complexity index is 1410. The molecule has 4 rings (SSSR count). The number of sulfonamides is 1. The van der Waals surface area contributed by atoms with Crippen molar-refractivity contribution in [2.24, 2.45) is 0 Å². The normalized spacial score (nSPS) is 15.8. The number of nitrogens with one attached hydrogen (secondary N) is 2. The molecule has 41 heavy (non-hydrogen) atoms. The molecule has 1 amide bonds. The summed E-state index contributed by atoms with van der Waals surface area (Å²) in [5.41, 5.74) is 2.68. The summed E-state index contributed by atoms with van der Waals surface area (Å²) >= 11 is 0. The van der Waals surface area contributed by atoms with Crippen LogP contribution in [0.5, 0.6) is 0 Å². The number of ether oxygens (including phenoxy) is 1. The molecule has 3 N–H and O–H groups in total. The van der Waals surface area contributed by atoms with Crippen LogP contribution in [0.3, 0.4) is 0 Å². The van der Waals surface area contributed by atoms with Gasteiger partial charge in [0.15, 0.2) is 0 Å². The largest absolute Gasteiger partial charge is 0.390 e. The van der Waals surface area contributed by atoms with Gasteiger partial charge in [0.2, 0.25) is 10.0 Å². The summed E-state index contributed by atoms with van der Waals surface area (Å²) in [7, 11) is -3.73. The van der Waals surface area contributed by atoms with Crippen molar-refractivity contribution in [3.63, 3.8) is 0 Å². The molecule has 11 heteroatoms. The van der Waals surface area contributed by atoms with Gasteiger partial charge >= 0.3 is 0 Å². The minimum atomic E-state index is -3.73. The summed E-state index contributed by atoms with van der Waals surface area (Å²) < 4.78 is 60.1. The maximum Gasteiger partial charge on any atom is 0.251 e. The summed E-state index contributed by atoms with van der Waals surface area (Å²) in [5, 5.41) is 17.0. The molecule has 1 saturated heterocycles. The highest BCUT2D eigenvalue weighted by Gasteiger charge is 2.27. The Morgan fingerprint density at radius 2 is 1.63 bits per heavy atom. The predicted octanol–water partition coefficient (Wildman–Crippen LogP) is 3.04. The Morgan fingerprint density at radius 3 is 2.29 bits per heavy atom. The van der Waals surface area contributed by atoms with Crippen LogP contribution >= 0.6 is 0 Å². The monoisotopic (exact) mass is 587 g/mol. The fraction of sp³-hybridized carbons (Fsp3) is 0.367. The van der Waals surface area contributed by atoms with Crippen LogP contribution in [0.1, 0.15) is 34.0 Å². The molecule has 0 saturated carbocycles. The molecule has 0 bridgehead atoms. The number of rotatable bonds is 12. The van der Waals surface area contributed by atoms with E-state index >= 15 is 0 Å². The second-order valence-corrected chi connectivity index (χ2v) is 11.9. The number of carbonyl (C=O) groups is 1. The molecular formula is C30H35F2N3O5S. The Morgan fingerprint density at radius 1 is 0.976 bits per heavy atom. The maximum absolute atomic E-state index is 13.9. The van der Waals surface area contributed by atoms with Gasteiger partial charge in [-0.3, -0.25) is 4.79 Å². The van der Waals surface area contributed by atoms with Crippen molar-refractivity contribution in [3.05, 3.63) is 101 Å². The third kappa shape index (κ3) is 8.40. The van der Waals surface area contributed by atoms with E-state index in [1.54, 1.807) is 0 Å². The van der Waals surface area contributed by atoms with Crippen molar-refractivity contribution in [3.8, 4) is 0 Å². The third-order valence-corrected chi connectivity index (χ3v) is 8.88. The second kappa shape index (κ2) is 14.1. The minimum Gasteiger partial charge on any atom is -0.390 e. The fourth-order valence-electron chi connectivity index (χ4n) is 4.70. The number of aryl methyl sites for hydroxylation is 1. The van der Waals surface area contributed by atoms with E-state index in [2.05, 4.69) is 23.6 Å². The van der Waals surface area contributed by atoms with Crippen LogP contribution in [0.2, 0.25) is 0 Å². The van der Waals surface area contributed by atoms with Crippen LogP contribution in [0, 0.1) is 11.6 Å². The van der Waals surface area contributed by atoms with Crippen LogP contribution in [0.15, 0.2) is 71.6 Å². The van der Waals surface area contributed by atoms with E-state index in [1.165, 1.54) is 34.1 Å². The summed E-state index contributed by atoms with van der Waals surface area (Å²) in [6.45, 7) is 3.80. The molecule has 3 aromatic carbocycles. The number of morpholine rings is 1. The number of aliphatic hydroxyl groups is 1. The van der Waals surface area contributed by atoms with Crippen LogP contribution < -0.4 is 10.6 Å². The van der Waals surface area contributed by atoms with Crippen molar-refractivity contribution in [1.29, 1.82) is 0 Å². The van der Waals surface area contributed by atoms with Gasteiger partial charge in [-0.05, 0) is 65.9 Å². The number of aliphatic hydroxyl groups excluding tert-OH is 1. The van der Waals surface area contributed by atoms with Crippen LogP contribution in [-0.2, 0) is 34.1 Å². The van der Waals surface area contributed by atoms with Gasteiger partial charge in [-0.2, -0.15) is 4.31 Å². The number of nitrogens with zero attached hydrogens (tertiary/aromatic N) is 1. The molecule has 1 aliphatic heterocycles. The first kappa shape index (κ1) is 30.7. The van der Waals surface area contributed by atoms with E-state index in [9.17, 15) is 27.1 Å². The van der Waals surface area contributed by atoms with E-state index in [0.29, 0.717) is 19.8 Å². The quantitative estimate of drug-likeness (QED) is 0.301. The summed E-state index contributed by atoms with van der Waals surface area (Å²) in [6, 6.07) is 15.7. The molecule has 220 valence electrons. The van der Waals surface area contributed by atoms with Gasteiger partial charge in [0.05, 0.1) is 30.3 Å². The van der Waals surface area contributed by atoms with E-state index in [0.717, 1.165) is 30.2 Å². The van der Waals surface area contributed by atoms with Crippen LogP contribution in [0.25, 0.3) is 0 Å². The minimum absolute atomic E-state index is 0.0297. The van der Waals surface area contributed by atoms with Gasteiger partial charge < -0.3 is 20.5 Å². The molecule has 8 nitrogen and oxygen atoms in total. The number of amides is 1. The summed E-state index contributed by atoms with van der Waals surface area (Å²) in [5.74, 6) is -2.08. The van der Waals surface area contributed by atoms with Crippen LogP contribution in [0.4, 0.5) is 8.78 Å². The molecule has 1 heterocycles. The molecule has 0 spiro atoms. The first-order chi connectivity index (χ1) is 19.7. The van der Waals surface area contributed by atoms with Crippen molar-refractivity contribution in [1.82, 2.24) is 14.9 Å². The standard InChI is InChI=1S/C30H35F2N3O5S/c1-2-21-4-3-5-22(14-21)19-33-20-29(36)28(17-23-15-25(31)18-26(32)16-23)34-30(37)24-6-8-27(9-7-24)41(38,39)35-10-12-40-13-11-35/h3-9,14-16,18,28-29,33,36H,2,10-13,17,19-20H2,1H3,(H,34,37)/t28-,29+/m0/s1. The van der Waals surface area contributed by atoms with E-state index in [1.807, 2.05) is 18.2 Å². The SMILES string of the molecule is CCc1cccc(CNC[C@@H](O)[C@H](Cc2cc(F)cc(F)c2)NC(=O)c2ccc(S(=O)(=O)N3CCOCC3)cc2)c1. The highest BCUT2D eigenvalue weighted by molar-refractivity contribution is 7.89. The highest BCUT2D eigenvalue weighted by atomic mass is 32.2. The zero-order valence-electron chi connectivity index (χ0n) is 22.9. The molecule has 1 aliphatic rings. The van der Waals surface area contributed by atoms with Crippen molar-refractivity contribution in [2.45, 2.75) is 43.4 Å². The van der Waals surface area contributed by atoms with Gasteiger partial charge in [-0.1, -0.05) is 31.2 Å². The van der Waals surface area contributed by atoms with Crippen molar-refractivity contribution >= 4 is 15.9 Å². The molecule has 2 atom stereocenters. The lowest BCUT2D eigenvalue weighted by molar-refractivity contribution is 0.0730. The van der Waals surface area contributed by atoms with Gasteiger partial charge in [-0.25, -0.2) is 17.2 Å². The smallest absolute Gasteiger partial charge is 0.251 e. The summed E-state index contributed by atoms with van der Waals surface area (Å²) in [4.78, 5) is 13.2. The molecule has 3 aromatic rings. The number of halogens is 2. The first-order valence-corrected chi connectivity index (χ1v) is 15.0. The number of benzene rings is 3. The topological polar surface area (TPSA) is 108 Å². The second-order valence-electron chi connectivity index (χ2n) is 9.97. The lowest BCUT2D eigenvalue weighted by atomic mass is 10.00. The molecule has 1 fully saturated rings. The summed E-state index contributed by atoms with van der Waals surface area (Å²) in [6.07, 6.45) is -0.229. The maximum atomic E-state index is 13.9.